The van der Waals surface area contributed by atoms with E-state index in [1.807, 2.05) is 36.4 Å². The number of halogens is 1. The second kappa shape index (κ2) is 6.97. The number of carbonyl (C=O) groups excluding carboxylic acids is 1. The van der Waals surface area contributed by atoms with Gasteiger partial charge in [0.1, 0.15) is 0 Å². The van der Waals surface area contributed by atoms with E-state index in [9.17, 15) is 4.79 Å². The van der Waals surface area contributed by atoms with Gasteiger partial charge in [-0.05, 0) is 53.8 Å². The number of benzene rings is 2. The average molecular weight is 382 g/mol. The molecule has 0 saturated carbocycles. The molecule has 1 fully saturated rings. The number of hydrogen-bond donors (Lipinski definition) is 1. The number of nitrogens with zero attached hydrogens (tertiary/aromatic N) is 2. The molecule has 0 radical (unpaired) electrons. The molecule has 0 bridgehead atoms. The van der Waals surface area contributed by atoms with Gasteiger partial charge < -0.3 is 10.5 Å². The van der Waals surface area contributed by atoms with Crippen molar-refractivity contribution in [2.75, 3.05) is 13.1 Å². The Morgan fingerprint density at radius 1 is 1.26 bits per heavy atom. The highest BCUT2D eigenvalue weighted by molar-refractivity contribution is 6.30. The Labute approximate surface area is 163 Å². The molecule has 6 heteroatoms. The number of hydrogen-bond acceptors (Lipinski definition) is 4. The Bertz CT molecular complexity index is 912. The maximum Gasteiger partial charge on any atom is 0.251 e. The van der Waals surface area contributed by atoms with Crippen LogP contribution in [0, 0.1) is 11.3 Å². The lowest BCUT2D eigenvalue weighted by Crippen LogP contribution is -2.42. The van der Waals surface area contributed by atoms with Crippen LogP contribution in [0.4, 0.5) is 0 Å². The first-order valence-electron chi connectivity index (χ1n) is 8.99. The van der Waals surface area contributed by atoms with Gasteiger partial charge in [0.25, 0.3) is 5.91 Å². The van der Waals surface area contributed by atoms with E-state index in [-0.39, 0.29) is 0 Å². The molecule has 0 aliphatic carbocycles. The Morgan fingerprint density at radius 2 is 1.96 bits per heavy atom. The largest absolute Gasteiger partial charge is 0.367 e. The first kappa shape index (κ1) is 18.0. The number of amides is 1. The monoisotopic (exact) mass is 381 g/mol. The van der Waals surface area contributed by atoms with E-state index in [0.717, 1.165) is 43.6 Å². The van der Waals surface area contributed by atoms with Crippen LogP contribution in [-0.4, -0.2) is 23.9 Å². The zero-order valence-corrected chi connectivity index (χ0v) is 15.6. The van der Waals surface area contributed by atoms with Crippen LogP contribution in [0.25, 0.3) is 0 Å². The van der Waals surface area contributed by atoms with Crippen LogP contribution in [0.3, 0.4) is 0 Å². The van der Waals surface area contributed by atoms with Crippen molar-refractivity contribution in [1.29, 1.82) is 5.26 Å². The first-order chi connectivity index (χ1) is 13.0. The maximum atomic E-state index is 11.9. The van der Waals surface area contributed by atoms with Crippen molar-refractivity contribution < 1.29 is 9.53 Å². The molecule has 27 heavy (non-hydrogen) atoms. The Balaban J connectivity index is 1.50. The van der Waals surface area contributed by atoms with Crippen LogP contribution in [0.5, 0.6) is 0 Å². The van der Waals surface area contributed by atoms with Crippen molar-refractivity contribution in [3.63, 3.8) is 0 Å². The summed E-state index contributed by atoms with van der Waals surface area (Å²) in [5, 5.41) is 9.55. The van der Waals surface area contributed by atoms with Crippen LogP contribution in [0.2, 0.25) is 5.02 Å². The molecule has 2 aromatic rings. The van der Waals surface area contributed by atoms with Gasteiger partial charge in [0.05, 0.1) is 17.2 Å². The van der Waals surface area contributed by atoms with Crippen molar-refractivity contribution >= 4 is 17.5 Å². The third-order valence-corrected chi connectivity index (χ3v) is 5.78. The summed E-state index contributed by atoms with van der Waals surface area (Å²) in [7, 11) is 0. The second-order valence-electron chi connectivity index (χ2n) is 7.21. The number of fused-ring (bicyclic) bond motifs is 2. The van der Waals surface area contributed by atoms with E-state index in [0.29, 0.717) is 10.6 Å². The van der Waals surface area contributed by atoms with Gasteiger partial charge in [-0.1, -0.05) is 29.8 Å². The van der Waals surface area contributed by atoms with E-state index in [1.165, 1.54) is 5.56 Å². The zero-order chi connectivity index (χ0) is 19.0. The van der Waals surface area contributed by atoms with Crippen molar-refractivity contribution in [2.45, 2.75) is 31.1 Å². The summed E-state index contributed by atoms with van der Waals surface area (Å²) in [4.78, 5) is 14.2. The van der Waals surface area contributed by atoms with Gasteiger partial charge >= 0.3 is 0 Å². The van der Waals surface area contributed by atoms with Crippen LogP contribution < -0.4 is 5.73 Å². The van der Waals surface area contributed by atoms with E-state index in [2.05, 4.69) is 11.0 Å². The van der Waals surface area contributed by atoms with Crippen LogP contribution in [0.15, 0.2) is 42.5 Å². The number of nitriles is 1. The minimum Gasteiger partial charge on any atom is -0.367 e. The highest BCUT2D eigenvalue weighted by Gasteiger charge is 2.48. The standard InChI is InChI=1S/C21H20ClN3O2/c22-16-5-6-17-18(11-16)21(27-19(17)20(24)26)7-9-25(10-8-21)13-15-3-1-14(12-23)2-4-15/h1-6,11,19H,7-10,13H2,(H2,24,26). The SMILES string of the molecule is N#Cc1ccc(CN2CCC3(CC2)OC(C(N)=O)c2ccc(Cl)cc23)cc1. The summed E-state index contributed by atoms with van der Waals surface area (Å²) < 4.78 is 6.21. The molecule has 2 aliphatic rings. The van der Waals surface area contributed by atoms with Crippen molar-refractivity contribution in [3.8, 4) is 6.07 Å². The molecule has 2 aromatic carbocycles. The van der Waals surface area contributed by atoms with Crippen molar-refractivity contribution in [3.05, 3.63) is 69.7 Å². The number of piperidine rings is 1. The smallest absolute Gasteiger partial charge is 0.251 e. The maximum absolute atomic E-state index is 11.9. The van der Waals surface area contributed by atoms with E-state index in [1.54, 1.807) is 6.07 Å². The number of primary amides is 1. The summed E-state index contributed by atoms with van der Waals surface area (Å²) in [6, 6.07) is 15.4. The van der Waals surface area contributed by atoms with Gasteiger partial charge in [0, 0.05) is 24.7 Å². The molecule has 138 valence electrons. The second-order valence-corrected chi connectivity index (χ2v) is 7.65. The van der Waals surface area contributed by atoms with Crippen LogP contribution in [0.1, 0.15) is 41.2 Å². The number of carbonyl (C=O) groups is 1. The molecular weight excluding hydrogens is 362 g/mol. The molecule has 1 atom stereocenters. The number of nitrogens with two attached hydrogens (primary N) is 1. The van der Waals surface area contributed by atoms with Gasteiger partial charge in [-0.3, -0.25) is 9.69 Å². The molecule has 4 rings (SSSR count). The fraction of sp³-hybridized carbons (Fsp3) is 0.333. The van der Waals surface area contributed by atoms with E-state index in [4.69, 9.17) is 27.3 Å². The fourth-order valence-corrected chi connectivity index (χ4v) is 4.29. The molecule has 5 nitrogen and oxygen atoms in total. The molecule has 1 unspecified atom stereocenters. The molecular formula is C21H20ClN3O2. The summed E-state index contributed by atoms with van der Waals surface area (Å²) >= 11 is 6.21. The minimum atomic E-state index is -0.706. The Morgan fingerprint density at radius 3 is 2.59 bits per heavy atom. The molecule has 2 N–H and O–H groups in total. The zero-order valence-electron chi connectivity index (χ0n) is 14.8. The molecule has 0 aromatic heterocycles. The van der Waals surface area contributed by atoms with Gasteiger partial charge in [0.2, 0.25) is 0 Å². The van der Waals surface area contributed by atoms with Gasteiger partial charge in [-0.25, -0.2) is 0 Å². The van der Waals surface area contributed by atoms with Crippen LogP contribution >= 0.6 is 11.6 Å². The summed E-state index contributed by atoms with van der Waals surface area (Å²) in [5.74, 6) is -0.463. The lowest BCUT2D eigenvalue weighted by Gasteiger charge is -2.39. The summed E-state index contributed by atoms with van der Waals surface area (Å²) in [6.07, 6.45) is 0.850. The topological polar surface area (TPSA) is 79.3 Å². The van der Waals surface area contributed by atoms with Gasteiger partial charge in [0.15, 0.2) is 6.10 Å². The van der Waals surface area contributed by atoms with Crippen molar-refractivity contribution in [2.24, 2.45) is 5.73 Å². The van der Waals surface area contributed by atoms with Crippen LogP contribution in [-0.2, 0) is 21.7 Å². The molecule has 1 saturated heterocycles. The third kappa shape index (κ3) is 3.32. The fourth-order valence-electron chi connectivity index (χ4n) is 4.12. The number of ether oxygens (including phenoxy) is 1. The summed E-state index contributed by atoms with van der Waals surface area (Å²) in [6.45, 7) is 2.51. The molecule has 1 spiro atoms. The third-order valence-electron chi connectivity index (χ3n) is 5.54. The Hall–Kier alpha value is -2.39. The normalized spacial score (nSPS) is 21.0. The minimum absolute atomic E-state index is 0.463. The lowest BCUT2D eigenvalue weighted by atomic mass is 9.83. The lowest BCUT2D eigenvalue weighted by molar-refractivity contribution is -0.148. The van der Waals surface area contributed by atoms with Gasteiger partial charge in [-0.15, -0.1) is 0 Å². The predicted molar refractivity (Wildman–Crippen MR) is 102 cm³/mol. The first-order valence-corrected chi connectivity index (χ1v) is 9.37. The van der Waals surface area contributed by atoms with E-state index < -0.39 is 17.6 Å². The molecule has 2 aliphatic heterocycles. The molecule has 1 amide bonds. The van der Waals surface area contributed by atoms with Gasteiger partial charge in [-0.2, -0.15) is 5.26 Å². The average Bonchev–Trinajstić information content (AvgIpc) is 2.98. The quantitative estimate of drug-likeness (QED) is 0.884. The highest BCUT2D eigenvalue weighted by atomic mass is 35.5. The Kier molecular flexibility index (Phi) is 4.65. The van der Waals surface area contributed by atoms with E-state index >= 15 is 0 Å². The molecule has 2 heterocycles. The number of rotatable bonds is 3. The summed E-state index contributed by atoms with van der Waals surface area (Å²) in [5.41, 5.74) is 8.75. The highest BCUT2D eigenvalue weighted by Crippen LogP contribution is 2.50. The number of likely N-dealkylation sites (tertiary alicyclic amines) is 1. The predicted octanol–water partition coefficient (Wildman–Crippen LogP) is 3.26. The van der Waals surface area contributed by atoms with Crippen molar-refractivity contribution in [1.82, 2.24) is 4.90 Å².